The minimum Gasteiger partial charge on any atom is -0.373 e. The third-order valence-electron chi connectivity index (χ3n) is 4.06. The molecule has 0 saturated carbocycles. The number of rotatable bonds is 8. The highest BCUT2D eigenvalue weighted by molar-refractivity contribution is 5.84. The van der Waals surface area contributed by atoms with Crippen LogP contribution in [0.15, 0.2) is 0 Å². The van der Waals surface area contributed by atoms with Gasteiger partial charge in [0.2, 0.25) is 5.91 Å². The second-order valence-electron chi connectivity index (χ2n) is 7.34. The summed E-state index contributed by atoms with van der Waals surface area (Å²) in [6.07, 6.45) is 2.86. The molecule has 124 valence electrons. The van der Waals surface area contributed by atoms with Crippen LogP contribution in [0.3, 0.4) is 0 Å². The first-order valence-corrected chi connectivity index (χ1v) is 8.08. The highest BCUT2D eigenvalue weighted by Gasteiger charge is 2.31. The molecule has 3 N–H and O–H groups in total. The second-order valence-corrected chi connectivity index (χ2v) is 7.34. The number of nitrogens with one attached hydrogen (secondary N) is 1. The summed E-state index contributed by atoms with van der Waals surface area (Å²) < 4.78 is 5.72. The Hall–Kier alpha value is -0.650. The fourth-order valence-electron chi connectivity index (χ4n) is 3.02. The van der Waals surface area contributed by atoms with Gasteiger partial charge in [-0.05, 0) is 60.4 Å². The first-order chi connectivity index (χ1) is 9.65. The normalized spacial score (nSPS) is 22.2. The maximum Gasteiger partial charge on any atom is 0.237 e. The van der Waals surface area contributed by atoms with Crippen molar-refractivity contribution in [2.45, 2.75) is 71.1 Å². The van der Waals surface area contributed by atoms with E-state index in [2.05, 4.69) is 24.1 Å². The van der Waals surface area contributed by atoms with E-state index in [9.17, 15) is 4.79 Å². The van der Waals surface area contributed by atoms with Crippen molar-refractivity contribution in [3.63, 3.8) is 0 Å². The third-order valence-corrected chi connectivity index (χ3v) is 4.06. The summed E-state index contributed by atoms with van der Waals surface area (Å²) in [5.74, 6) is -0.260. The first kappa shape index (κ1) is 18.4. The summed E-state index contributed by atoms with van der Waals surface area (Å²) in [5, 5.41) is 3.30. The maximum absolute atomic E-state index is 11.7. The summed E-state index contributed by atoms with van der Waals surface area (Å²) in [5.41, 5.74) is 4.91. The fraction of sp³-hybridized carbons (Fsp3) is 0.938. The Morgan fingerprint density at radius 2 is 2.10 bits per heavy atom. The van der Waals surface area contributed by atoms with Crippen LogP contribution in [0.2, 0.25) is 0 Å². The Morgan fingerprint density at radius 1 is 1.43 bits per heavy atom. The molecule has 5 nitrogen and oxygen atoms in total. The molecular formula is C16H33N3O2. The number of carbonyl (C=O) groups is 1. The molecule has 0 aliphatic carbocycles. The quantitative estimate of drug-likeness (QED) is 0.667. The van der Waals surface area contributed by atoms with Gasteiger partial charge in [0.1, 0.15) is 0 Å². The zero-order chi connectivity index (χ0) is 16.1. The van der Waals surface area contributed by atoms with E-state index in [-0.39, 0.29) is 17.6 Å². The number of nitrogens with two attached hydrogens (primary N) is 1. The molecular weight excluding hydrogens is 266 g/mol. The van der Waals surface area contributed by atoms with Crippen LogP contribution in [-0.2, 0) is 9.53 Å². The molecule has 1 unspecified atom stereocenters. The van der Waals surface area contributed by atoms with Gasteiger partial charge in [-0.3, -0.25) is 9.69 Å². The van der Waals surface area contributed by atoms with Crippen LogP contribution in [-0.4, -0.2) is 54.2 Å². The SMILES string of the molecule is CC(C)NC(C)(CCCCN1CCOC(C)(C)C1)C(N)=O. The number of unbranched alkanes of at least 4 members (excludes halogenated alkanes) is 1. The molecule has 5 heteroatoms. The Bertz CT molecular complexity index is 344. The van der Waals surface area contributed by atoms with Gasteiger partial charge in [0.15, 0.2) is 0 Å². The monoisotopic (exact) mass is 299 g/mol. The standard InChI is InChI=1S/C16H33N3O2/c1-13(2)18-16(5,14(17)20)8-6-7-9-19-10-11-21-15(3,4)12-19/h13,18H,6-12H2,1-5H3,(H2,17,20). The van der Waals surface area contributed by atoms with Gasteiger partial charge in [0.05, 0.1) is 17.7 Å². The molecule has 0 bridgehead atoms. The molecule has 1 aliphatic heterocycles. The third kappa shape index (κ3) is 6.32. The molecule has 0 aromatic heterocycles. The van der Waals surface area contributed by atoms with E-state index in [1.807, 2.05) is 20.8 Å². The highest BCUT2D eigenvalue weighted by atomic mass is 16.5. The molecule has 1 fully saturated rings. The molecule has 1 rings (SSSR count). The van der Waals surface area contributed by atoms with Gasteiger partial charge in [-0.1, -0.05) is 0 Å². The van der Waals surface area contributed by atoms with Crippen LogP contribution in [0, 0.1) is 0 Å². The average molecular weight is 299 g/mol. The Kier molecular flexibility index (Phi) is 6.63. The number of morpholine rings is 1. The summed E-state index contributed by atoms with van der Waals surface area (Å²) in [7, 11) is 0. The smallest absolute Gasteiger partial charge is 0.237 e. The molecule has 21 heavy (non-hydrogen) atoms. The summed E-state index contributed by atoms with van der Waals surface area (Å²) in [4.78, 5) is 14.1. The summed E-state index contributed by atoms with van der Waals surface area (Å²) in [6.45, 7) is 14.1. The molecule has 1 amide bonds. The van der Waals surface area contributed by atoms with Crippen molar-refractivity contribution in [3.8, 4) is 0 Å². The van der Waals surface area contributed by atoms with Gasteiger partial charge in [0.25, 0.3) is 0 Å². The van der Waals surface area contributed by atoms with Crippen molar-refractivity contribution in [1.29, 1.82) is 0 Å². The lowest BCUT2D eigenvalue weighted by Gasteiger charge is -2.38. The zero-order valence-electron chi connectivity index (χ0n) is 14.4. The number of hydrogen-bond acceptors (Lipinski definition) is 4. The van der Waals surface area contributed by atoms with E-state index < -0.39 is 5.54 Å². The van der Waals surface area contributed by atoms with Gasteiger partial charge in [-0.2, -0.15) is 0 Å². The van der Waals surface area contributed by atoms with E-state index in [1.54, 1.807) is 0 Å². The number of ether oxygens (including phenoxy) is 1. The van der Waals surface area contributed by atoms with Crippen molar-refractivity contribution in [3.05, 3.63) is 0 Å². The largest absolute Gasteiger partial charge is 0.373 e. The Labute approximate surface area is 129 Å². The van der Waals surface area contributed by atoms with Crippen LogP contribution in [0.5, 0.6) is 0 Å². The van der Waals surface area contributed by atoms with Crippen LogP contribution < -0.4 is 11.1 Å². The number of hydrogen-bond donors (Lipinski definition) is 2. The molecule has 0 radical (unpaired) electrons. The molecule has 1 aliphatic rings. The second kappa shape index (κ2) is 7.56. The lowest BCUT2D eigenvalue weighted by molar-refractivity contribution is -0.124. The number of carbonyl (C=O) groups excluding carboxylic acids is 1. The lowest BCUT2D eigenvalue weighted by atomic mass is 9.93. The van der Waals surface area contributed by atoms with E-state index >= 15 is 0 Å². The highest BCUT2D eigenvalue weighted by Crippen LogP contribution is 2.18. The van der Waals surface area contributed by atoms with Crippen molar-refractivity contribution >= 4 is 5.91 Å². The molecule has 0 aromatic carbocycles. The minimum atomic E-state index is -0.599. The summed E-state index contributed by atoms with van der Waals surface area (Å²) in [6, 6.07) is 0.252. The van der Waals surface area contributed by atoms with Gasteiger partial charge in [-0.15, -0.1) is 0 Å². The number of amides is 1. The minimum absolute atomic E-state index is 0.0425. The molecule has 1 heterocycles. The zero-order valence-corrected chi connectivity index (χ0v) is 14.4. The topological polar surface area (TPSA) is 67.6 Å². The first-order valence-electron chi connectivity index (χ1n) is 8.08. The summed E-state index contributed by atoms with van der Waals surface area (Å²) >= 11 is 0. The van der Waals surface area contributed by atoms with Crippen molar-refractivity contribution in [2.75, 3.05) is 26.2 Å². The number of nitrogens with zero attached hydrogens (tertiary/aromatic N) is 1. The van der Waals surface area contributed by atoms with Crippen molar-refractivity contribution in [2.24, 2.45) is 5.73 Å². The Balaban J connectivity index is 2.33. The maximum atomic E-state index is 11.7. The molecule has 0 aromatic rings. The van der Waals surface area contributed by atoms with E-state index in [4.69, 9.17) is 10.5 Å². The van der Waals surface area contributed by atoms with Crippen LogP contribution >= 0.6 is 0 Å². The molecule has 1 atom stereocenters. The van der Waals surface area contributed by atoms with Crippen LogP contribution in [0.4, 0.5) is 0 Å². The number of primary amides is 1. The van der Waals surface area contributed by atoms with Crippen molar-refractivity contribution in [1.82, 2.24) is 10.2 Å². The fourth-order valence-corrected chi connectivity index (χ4v) is 3.02. The predicted octanol–water partition coefficient (Wildman–Crippen LogP) is 1.51. The van der Waals surface area contributed by atoms with E-state index in [0.29, 0.717) is 0 Å². The average Bonchev–Trinajstić information content (AvgIpc) is 2.32. The van der Waals surface area contributed by atoms with E-state index in [1.165, 1.54) is 0 Å². The molecule has 0 spiro atoms. The predicted molar refractivity (Wildman–Crippen MR) is 86.2 cm³/mol. The van der Waals surface area contributed by atoms with Crippen LogP contribution in [0.1, 0.15) is 53.9 Å². The van der Waals surface area contributed by atoms with Gasteiger partial charge >= 0.3 is 0 Å². The van der Waals surface area contributed by atoms with Gasteiger partial charge in [0, 0.05) is 19.1 Å². The lowest BCUT2D eigenvalue weighted by Crippen LogP contribution is -2.55. The molecule has 1 saturated heterocycles. The van der Waals surface area contributed by atoms with E-state index in [0.717, 1.165) is 45.5 Å². The van der Waals surface area contributed by atoms with Gasteiger partial charge in [-0.25, -0.2) is 0 Å². The van der Waals surface area contributed by atoms with Gasteiger partial charge < -0.3 is 15.8 Å². The Morgan fingerprint density at radius 3 is 2.62 bits per heavy atom. The van der Waals surface area contributed by atoms with Crippen molar-refractivity contribution < 1.29 is 9.53 Å². The van der Waals surface area contributed by atoms with Crippen LogP contribution in [0.25, 0.3) is 0 Å².